The van der Waals surface area contributed by atoms with Crippen LogP contribution in [0.4, 0.5) is 0 Å². The molecule has 0 amide bonds. The van der Waals surface area contributed by atoms with Crippen LogP contribution >= 0.6 is 11.3 Å². The Morgan fingerprint density at radius 1 is 0.950 bits per heavy atom. The largest absolute Gasteiger partial charge is 0.309 e. The molecule has 1 atom stereocenters. The summed E-state index contributed by atoms with van der Waals surface area (Å²) in [6, 6.07) is 19.4. The third-order valence-electron chi connectivity index (χ3n) is 3.38. The second-order valence-corrected chi connectivity index (χ2v) is 5.53. The SMILES string of the molecule is CNC(c1ccc(-c2ccccc2)cc1)c1cncs1. The van der Waals surface area contributed by atoms with E-state index in [1.807, 2.05) is 24.8 Å². The van der Waals surface area contributed by atoms with Crippen molar-refractivity contribution in [2.45, 2.75) is 6.04 Å². The highest BCUT2D eigenvalue weighted by Crippen LogP contribution is 2.27. The molecule has 1 N–H and O–H groups in total. The van der Waals surface area contributed by atoms with Crippen LogP contribution in [0.2, 0.25) is 0 Å². The zero-order valence-corrected chi connectivity index (χ0v) is 12.1. The van der Waals surface area contributed by atoms with Crippen molar-refractivity contribution in [3.05, 3.63) is 76.7 Å². The maximum Gasteiger partial charge on any atom is 0.0794 e. The van der Waals surface area contributed by atoms with E-state index >= 15 is 0 Å². The number of nitrogens with one attached hydrogen (secondary N) is 1. The van der Waals surface area contributed by atoms with Gasteiger partial charge < -0.3 is 5.32 Å². The van der Waals surface area contributed by atoms with E-state index < -0.39 is 0 Å². The van der Waals surface area contributed by atoms with Crippen LogP contribution in [0, 0.1) is 0 Å². The van der Waals surface area contributed by atoms with Crippen molar-refractivity contribution in [2.75, 3.05) is 7.05 Å². The lowest BCUT2D eigenvalue weighted by Gasteiger charge is -2.15. The maximum atomic E-state index is 4.16. The van der Waals surface area contributed by atoms with Gasteiger partial charge in [0, 0.05) is 11.1 Å². The molecule has 3 heteroatoms. The summed E-state index contributed by atoms with van der Waals surface area (Å²) in [4.78, 5) is 5.40. The molecule has 0 aliphatic carbocycles. The summed E-state index contributed by atoms with van der Waals surface area (Å²) >= 11 is 1.68. The normalized spacial score (nSPS) is 12.2. The van der Waals surface area contributed by atoms with Gasteiger partial charge in [0.15, 0.2) is 0 Å². The van der Waals surface area contributed by atoms with Gasteiger partial charge in [0.1, 0.15) is 0 Å². The first-order valence-electron chi connectivity index (χ1n) is 6.59. The van der Waals surface area contributed by atoms with E-state index in [1.54, 1.807) is 11.3 Å². The van der Waals surface area contributed by atoms with Crippen LogP contribution in [0.5, 0.6) is 0 Å². The molecule has 3 aromatic rings. The van der Waals surface area contributed by atoms with Gasteiger partial charge in [-0.1, -0.05) is 54.6 Å². The Balaban J connectivity index is 1.89. The molecular formula is C17H16N2S. The van der Waals surface area contributed by atoms with Gasteiger partial charge in [-0.3, -0.25) is 4.98 Å². The predicted molar refractivity (Wildman–Crippen MR) is 84.9 cm³/mol. The Morgan fingerprint density at radius 3 is 2.25 bits per heavy atom. The number of nitrogens with zero attached hydrogens (tertiary/aromatic N) is 1. The fourth-order valence-corrected chi connectivity index (χ4v) is 3.10. The van der Waals surface area contributed by atoms with Crippen molar-refractivity contribution in [3.8, 4) is 11.1 Å². The van der Waals surface area contributed by atoms with Crippen LogP contribution in [0.15, 0.2) is 66.3 Å². The second-order valence-electron chi connectivity index (χ2n) is 4.61. The molecule has 2 aromatic carbocycles. The Bertz CT molecular complexity index is 645. The van der Waals surface area contributed by atoms with Crippen LogP contribution in [0.25, 0.3) is 11.1 Å². The lowest BCUT2D eigenvalue weighted by molar-refractivity contribution is 0.702. The Labute approximate surface area is 123 Å². The summed E-state index contributed by atoms with van der Waals surface area (Å²) in [7, 11) is 1.98. The number of hydrogen-bond donors (Lipinski definition) is 1. The third-order valence-corrected chi connectivity index (χ3v) is 4.22. The van der Waals surface area contributed by atoms with Gasteiger partial charge in [0.2, 0.25) is 0 Å². The number of benzene rings is 2. The van der Waals surface area contributed by atoms with E-state index in [9.17, 15) is 0 Å². The molecule has 0 fully saturated rings. The first-order chi connectivity index (χ1) is 9.88. The van der Waals surface area contributed by atoms with Crippen molar-refractivity contribution in [1.29, 1.82) is 0 Å². The molecule has 0 aliphatic heterocycles. The number of hydrogen-bond acceptors (Lipinski definition) is 3. The Hall–Kier alpha value is -1.97. The first-order valence-corrected chi connectivity index (χ1v) is 7.47. The first kappa shape index (κ1) is 13.0. The molecule has 3 rings (SSSR count). The van der Waals surface area contributed by atoms with Gasteiger partial charge in [-0.2, -0.15) is 0 Å². The summed E-state index contributed by atoms with van der Waals surface area (Å²) < 4.78 is 0. The molecule has 1 aromatic heterocycles. The number of aromatic nitrogens is 1. The van der Waals surface area contributed by atoms with E-state index in [0.717, 1.165) is 0 Å². The molecular weight excluding hydrogens is 264 g/mol. The molecule has 0 saturated carbocycles. The van der Waals surface area contributed by atoms with Gasteiger partial charge in [0.05, 0.1) is 11.6 Å². The fraction of sp³-hybridized carbons (Fsp3) is 0.118. The molecule has 1 heterocycles. The van der Waals surface area contributed by atoms with E-state index in [2.05, 4.69) is 58.8 Å². The van der Waals surface area contributed by atoms with Gasteiger partial charge in [0.25, 0.3) is 0 Å². The molecule has 0 radical (unpaired) electrons. The van der Waals surface area contributed by atoms with Gasteiger partial charge >= 0.3 is 0 Å². The second kappa shape index (κ2) is 5.99. The summed E-state index contributed by atoms with van der Waals surface area (Å²) in [5, 5.41) is 3.35. The van der Waals surface area contributed by atoms with Crippen LogP contribution in [-0.4, -0.2) is 12.0 Å². The molecule has 0 saturated heterocycles. The summed E-state index contributed by atoms with van der Waals surface area (Å²) in [6.45, 7) is 0. The minimum Gasteiger partial charge on any atom is -0.309 e. The lowest BCUT2D eigenvalue weighted by Crippen LogP contribution is -2.16. The highest BCUT2D eigenvalue weighted by molar-refractivity contribution is 7.09. The van der Waals surface area contributed by atoms with Crippen molar-refractivity contribution in [2.24, 2.45) is 0 Å². The monoisotopic (exact) mass is 280 g/mol. The number of rotatable bonds is 4. The van der Waals surface area contributed by atoms with E-state index in [4.69, 9.17) is 0 Å². The van der Waals surface area contributed by atoms with Crippen molar-refractivity contribution < 1.29 is 0 Å². The molecule has 20 heavy (non-hydrogen) atoms. The minimum absolute atomic E-state index is 0.215. The average molecular weight is 280 g/mol. The standard InChI is InChI=1S/C17H16N2S/c1-18-17(16-11-19-12-20-16)15-9-7-14(8-10-15)13-5-3-2-4-6-13/h2-12,17-18H,1H3. The van der Waals surface area contributed by atoms with Crippen LogP contribution in [0.3, 0.4) is 0 Å². The van der Waals surface area contributed by atoms with Crippen molar-refractivity contribution in [3.63, 3.8) is 0 Å². The van der Waals surface area contributed by atoms with Crippen LogP contribution in [0.1, 0.15) is 16.5 Å². The van der Waals surface area contributed by atoms with Gasteiger partial charge in [-0.15, -0.1) is 11.3 Å². The quantitative estimate of drug-likeness (QED) is 0.777. The molecule has 0 spiro atoms. The molecule has 0 aliphatic rings. The zero-order valence-electron chi connectivity index (χ0n) is 11.3. The maximum absolute atomic E-state index is 4.16. The number of thiazole rings is 1. The summed E-state index contributed by atoms with van der Waals surface area (Å²) in [5.41, 5.74) is 5.63. The molecule has 2 nitrogen and oxygen atoms in total. The molecule has 1 unspecified atom stereocenters. The van der Waals surface area contributed by atoms with Crippen molar-refractivity contribution in [1.82, 2.24) is 10.3 Å². The molecule has 0 bridgehead atoms. The van der Waals surface area contributed by atoms with E-state index in [-0.39, 0.29) is 6.04 Å². The van der Waals surface area contributed by atoms with Crippen LogP contribution < -0.4 is 5.32 Å². The summed E-state index contributed by atoms with van der Waals surface area (Å²) in [6.07, 6.45) is 1.93. The van der Waals surface area contributed by atoms with Gasteiger partial charge in [-0.05, 0) is 23.7 Å². The smallest absolute Gasteiger partial charge is 0.0794 e. The highest BCUT2D eigenvalue weighted by Gasteiger charge is 2.13. The van der Waals surface area contributed by atoms with Gasteiger partial charge in [-0.25, -0.2) is 0 Å². The Kier molecular flexibility index (Phi) is 3.90. The van der Waals surface area contributed by atoms with Crippen LogP contribution in [-0.2, 0) is 0 Å². The predicted octanol–water partition coefficient (Wildman–Crippen LogP) is 4.12. The van der Waals surface area contributed by atoms with Crippen molar-refractivity contribution >= 4 is 11.3 Å². The minimum atomic E-state index is 0.215. The Morgan fingerprint density at radius 2 is 1.65 bits per heavy atom. The zero-order chi connectivity index (χ0) is 13.8. The fourth-order valence-electron chi connectivity index (χ4n) is 2.34. The van der Waals surface area contributed by atoms with E-state index in [1.165, 1.54) is 21.6 Å². The average Bonchev–Trinajstić information content (AvgIpc) is 3.04. The molecule has 100 valence electrons. The topological polar surface area (TPSA) is 24.9 Å². The van der Waals surface area contributed by atoms with E-state index in [0.29, 0.717) is 0 Å². The lowest BCUT2D eigenvalue weighted by atomic mass is 10.0. The third kappa shape index (κ3) is 2.64. The highest BCUT2D eigenvalue weighted by atomic mass is 32.1. The summed E-state index contributed by atoms with van der Waals surface area (Å²) in [5.74, 6) is 0.